The molecule has 88 valence electrons. The smallest absolute Gasteiger partial charge is 0.114 e. The molecule has 0 bridgehead atoms. The third-order valence-corrected chi connectivity index (χ3v) is 3.76. The molecule has 0 radical (unpaired) electrons. The van der Waals surface area contributed by atoms with Crippen molar-refractivity contribution in [1.82, 2.24) is 0 Å². The van der Waals surface area contributed by atoms with Gasteiger partial charge < -0.3 is 9.80 Å². The standard InChI is InChI=1S/C16H14N2/c1-2-7-14(8-3-1)17-10-11-18-15-9-5-4-6-13(15)12-16(17)18/h1-11,16H,12H2. The van der Waals surface area contributed by atoms with E-state index in [2.05, 4.69) is 76.8 Å². The highest BCUT2D eigenvalue weighted by atomic mass is 15.4. The zero-order valence-electron chi connectivity index (χ0n) is 10.0. The second-order valence-corrected chi connectivity index (χ2v) is 4.76. The van der Waals surface area contributed by atoms with Crippen LogP contribution in [-0.2, 0) is 6.42 Å². The van der Waals surface area contributed by atoms with Crippen molar-refractivity contribution in [2.24, 2.45) is 0 Å². The minimum atomic E-state index is 0.407. The third-order valence-electron chi connectivity index (χ3n) is 3.76. The van der Waals surface area contributed by atoms with Gasteiger partial charge in [-0.15, -0.1) is 0 Å². The van der Waals surface area contributed by atoms with Crippen LogP contribution in [-0.4, -0.2) is 6.17 Å². The summed E-state index contributed by atoms with van der Waals surface area (Å²) < 4.78 is 0. The summed E-state index contributed by atoms with van der Waals surface area (Å²) in [5.74, 6) is 0. The van der Waals surface area contributed by atoms with Crippen LogP contribution in [0.3, 0.4) is 0 Å². The molecule has 2 heteroatoms. The van der Waals surface area contributed by atoms with Gasteiger partial charge in [0.05, 0.1) is 0 Å². The van der Waals surface area contributed by atoms with E-state index in [1.807, 2.05) is 0 Å². The van der Waals surface area contributed by atoms with E-state index in [4.69, 9.17) is 0 Å². The van der Waals surface area contributed by atoms with Gasteiger partial charge in [-0.3, -0.25) is 0 Å². The highest BCUT2D eigenvalue weighted by molar-refractivity contribution is 5.68. The van der Waals surface area contributed by atoms with Crippen molar-refractivity contribution >= 4 is 11.4 Å². The number of hydrogen-bond donors (Lipinski definition) is 0. The molecular formula is C16H14N2. The SMILES string of the molecule is C1=CN2c3ccccc3CC2N1c1ccccc1. The zero-order chi connectivity index (χ0) is 11.9. The summed E-state index contributed by atoms with van der Waals surface area (Å²) in [5.41, 5.74) is 4.04. The first-order valence-corrected chi connectivity index (χ1v) is 6.31. The fourth-order valence-corrected chi connectivity index (χ4v) is 2.90. The van der Waals surface area contributed by atoms with Crippen LogP contribution >= 0.6 is 0 Å². The molecule has 2 nitrogen and oxygen atoms in total. The molecule has 4 rings (SSSR count). The van der Waals surface area contributed by atoms with Crippen LogP contribution in [0.2, 0.25) is 0 Å². The summed E-state index contributed by atoms with van der Waals surface area (Å²) in [4.78, 5) is 4.71. The second kappa shape index (κ2) is 3.64. The average Bonchev–Trinajstić information content (AvgIpc) is 2.98. The van der Waals surface area contributed by atoms with Crippen LogP contribution in [0, 0.1) is 0 Å². The molecule has 18 heavy (non-hydrogen) atoms. The minimum absolute atomic E-state index is 0.407. The maximum atomic E-state index is 2.36. The molecule has 2 aliphatic heterocycles. The maximum Gasteiger partial charge on any atom is 0.114 e. The van der Waals surface area contributed by atoms with Gasteiger partial charge in [0.25, 0.3) is 0 Å². The molecule has 0 amide bonds. The molecule has 1 unspecified atom stereocenters. The topological polar surface area (TPSA) is 6.48 Å². The van der Waals surface area contributed by atoms with Gasteiger partial charge in [-0.2, -0.15) is 0 Å². The zero-order valence-corrected chi connectivity index (χ0v) is 10.0. The molecule has 0 fully saturated rings. The third kappa shape index (κ3) is 1.29. The minimum Gasteiger partial charge on any atom is -0.325 e. The number of nitrogens with zero attached hydrogens (tertiary/aromatic N) is 2. The lowest BCUT2D eigenvalue weighted by molar-refractivity contribution is 0.719. The van der Waals surface area contributed by atoms with E-state index in [1.165, 1.54) is 16.9 Å². The van der Waals surface area contributed by atoms with Crippen molar-refractivity contribution in [2.75, 3.05) is 9.80 Å². The molecule has 2 aliphatic rings. The monoisotopic (exact) mass is 234 g/mol. The van der Waals surface area contributed by atoms with E-state index in [9.17, 15) is 0 Å². The number of para-hydroxylation sites is 2. The number of rotatable bonds is 1. The van der Waals surface area contributed by atoms with E-state index < -0.39 is 0 Å². The van der Waals surface area contributed by atoms with E-state index in [0.717, 1.165) is 6.42 Å². The maximum absolute atomic E-state index is 2.36. The second-order valence-electron chi connectivity index (χ2n) is 4.76. The van der Waals surface area contributed by atoms with Crippen molar-refractivity contribution in [3.8, 4) is 0 Å². The molecular weight excluding hydrogens is 220 g/mol. The average molecular weight is 234 g/mol. The molecule has 0 aromatic heterocycles. The molecule has 0 saturated heterocycles. The Morgan fingerprint density at radius 2 is 1.50 bits per heavy atom. The van der Waals surface area contributed by atoms with E-state index in [1.54, 1.807) is 0 Å². The Kier molecular flexibility index (Phi) is 1.97. The van der Waals surface area contributed by atoms with Gasteiger partial charge >= 0.3 is 0 Å². The predicted octanol–water partition coefficient (Wildman–Crippen LogP) is 3.37. The molecule has 2 heterocycles. The first kappa shape index (κ1) is 9.77. The lowest BCUT2D eigenvalue weighted by atomic mass is 10.1. The summed E-state index contributed by atoms with van der Waals surface area (Å²) in [6, 6.07) is 19.2. The van der Waals surface area contributed by atoms with Crippen molar-refractivity contribution < 1.29 is 0 Å². The van der Waals surface area contributed by atoms with Crippen LogP contribution in [0.4, 0.5) is 11.4 Å². The lowest BCUT2D eigenvalue weighted by Gasteiger charge is -2.27. The predicted molar refractivity (Wildman–Crippen MR) is 74.5 cm³/mol. The summed E-state index contributed by atoms with van der Waals surface area (Å²) >= 11 is 0. The largest absolute Gasteiger partial charge is 0.325 e. The first-order valence-electron chi connectivity index (χ1n) is 6.31. The fourth-order valence-electron chi connectivity index (χ4n) is 2.90. The number of benzene rings is 2. The van der Waals surface area contributed by atoms with Gasteiger partial charge in [-0.25, -0.2) is 0 Å². The molecule has 0 spiro atoms. The molecule has 1 atom stereocenters. The van der Waals surface area contributed by atoms with Gasteiger partial charge in [0.2, 0.25) is 0 Å². The Labute approximate surface area is 107 Å². The van der Waals surface area contributed by atoms with Crippen LogP contribution in [0.25, 0.3) is 0 Å². The number of anilines is 2. The Hall–Kier alpha value is -2.22. The van der Waals surface area contributed by atoms with Crippen molar-refractivity contribution in [2.45, 2.75) is 12.6 Å². The summed E-state index contributed by atoms with van der Waals surface area (Å²) in [5, 5.41) is 0. The Morgan fingerprint density at radius 1 is 0.778 bits per heavy atom. The first-order chi connectivity index (χ1) is 8.93. The highest BCUT2D eigenvalue weighted by Crippen LogP contribution is 2.38. The van der Waals surface area contributed by atoms with Gasteiger partial charge in [0.15, 0.2) is 0 Å². The van der Waals surface area contributed by atoms with Gasteiger partial charge in [-0.1, -0.05) is 36.4 Å². The lowest BCUT2D eigenvalue weighted by Crippen LogP contribution is -2.36. The number of hydrogen-bond acceptors (Lipinski definition) is 2. The molecule has 0 aliphatic carbocycles. The Morgan fingerprint density at radius 3 is 2.39 bits per heavy atom. The Bertz CT molecular complexity index is 604. The normalized spacial score (nSPS) is 20.1. The molecule has 2 aromatic carbocycles. The summed E-state index contributed by atoms with van der Waals surface area (Å²) in [6.07, 6.45) is 5.85. The summed E-state index contributed by atoms with van der Waals surface area (Å²) in [6.45, 7) is 0. The van der Waals surface area contributed by atoms with Gasteiger partial charge in [-0.05, 0) is 23.8 Å². The van der Waals surface area contributed by atoms with Gasteiger partial charge in [0.1, 0.15) is 6.17 Å². The van der Waals surface area contributed by atoms with Crippen molar-refractivity contribution in [3.05, 3.63) is 72.6 Å². The Balaban J connectivity index is 1.73. The molecule has 0 saturated carbocycles. The highest BCUT2D eigenvalue weighted by Gasteiger charge is 2.35. The van der Waals surface area contributed by atoms with E-state index in [-0.39, 0.29) is 0 Å². The number of fused-ring (bicyclic) bond motifs is 3. The van der Waals surface area contributed by atoms with Crippen molar-refractivity contribution in [3.63, 3.8) is 0 Å². The fraction of sp³-hybridized carbons (Fsp3) is 0.125. The van der Waals surface area contributed by atoms with Crippen LogP contribution in [0.15, 0.2) is 67.0 Å². The summed E-state index contributed by atoms with van der Waals surface area (Å²) in [7, 11) is 0. The van der Waals surface area contributed by atoms with Crippen LogP contribution in [0.5, 0.6) is 0 Å². The van der Waals surface area contributed by atoms with E-state index in [0.29, 0.717) is 6.17 Å². The van der Waals surface area contributed by atoms with Crippen LogP contribution in [0.1, 0.15) is 5.56 Å². The molecule has 0 N–H and O–H groups in total. The molecule has 2 aromatic rings. The van der Waals surface area contributed by atoms with Crippen LogP contribution < -0.4 is 9.80 Å². The van der Waals surface area contributed by atoms with Crippen molar-refractivity contribution in [1.29, 1.82) is 0 Å². The van der Waals surface area contributed by atoms with Gasteiger partial charge in [0, 0.05) is 30.2 Å². The quantitative estimate of drug-likeness (QED) is 0.746. The van der Waals surface area contributed by atoms with E-state index >= 15 is 0 Å².